The van der Waals surface area contributed by atoms with Gasteiger partial charge in [-0.2, -0.15) is 4.72 Å². The van der Waals surface area contributed by atoms with Crippen LogP contribution >= 0.6 is 0 Å². The Kier molecular flexibility index (Phi) is 9.26. The molecule has 2 unspecified atom stereocenters. The monoisotopic (exact) mass is 468 g/mol. The zero-order valence-corrected chi connectivity index (χ0v) is 18.2. The van der Waals surface area contributed by atoms with E-state index in [4.69, 9.17) is 11.5 Å². The zero-order chi connectivity index (χ0) is 23.7. The lowest BCUT2D eigenvalue weighted by Crippen LogP contribution is -2.62. The molecule has 2 rings (SSSR count). The number of aliphatic imine (C=N–C) groups is 1. The number of sulfonamides is 1. The predicted octanol–water partition coefficient (Wildman–Crippen LogP) is -2.34. The van der Waals surface area contributed by atoms with Gasteiger partial charge in [0.05, 0.1) is 23.6 Å². The van der Waals surface area contributed by atoms with Crippen LogP contribution in [0.5, 0.6) is 0 Å². The van der Waals surface area contributed by atoms with Gasteiger partial charge in [-0.15, -0.1) is 0 Å². The Morgan fingerprint density at radius 2 is 1.97 bits per heavy atom. The smallest absolute Gasteiger partial charge is 0.250 e. The second-order valence-electron chi connectivity index (χ2n) is 7.16. The summed E-state index contributed by atoms with van der Waals surface area (Å²) in [6.45, 7) is -0.167. The summed E-state index contributed by atoms with van der Waals surface area (Å²) in [5, 5.41) is 12.6. The minimum Gasteiger partial charge on any atom is -0.394 e. The maximum Gasteiger partial charge on any atom is 0.250 e. The zero-order valence-electron chi connectivity index (χ0n) is 17.4. The number of nitrogens with two attached hydrogens (primary N) is 2. The Morgan fingerprint density at radius 3 is 2.47 bits per heavy atom. The lowest BCUT2D eigenvalue weighted by molar-refractivity contribution is -0.153. The van der Waals surface area contributed by atoms with Crippen molar-refractivity contribution in [1.29, 1.82) is 0 Å². The first-order valence-corrected chi connectivity index (χ1v) is 11.5. The number of rotatable bonds is 12. The summed E-state index contributed by atoms with van der Waals surface area (Å²) in [5.41, 5.74) is 10.5. The number of nitrogens with one attached hydrogen (secondary N) is 2. The Hall–Kier alpha value is -2.87. The number of hydrogen-bond acceptors (Lipinski definition) is 8. The van der Waals surface area contributed by atoms with E-state index in [0.29, 0.717) is 24.2 Å². The highest BCUT2D eigenvalue weighted by Crippen LogP contribution is 2.16. The van der Waals surface area contributed by atoms with E-state index in [2.05, 4.69) is 15.0 Å². The van der Waals surface area contributed by atoms with Crippen LogP contribution in [-0.4, -0.2) is 80.3 Å². The molecule has 176 valence electrons. The van der Waals surface area contributed by atoms with Gasteiger partial charge in [-0.3, -0.25) is 19.5 Å². The molecule has 32 heavy (non-hydrogen) atoms. The van der Waals surface area contributed by atoms with Crippen LogP contribution in [0.1, 0.15) is 19.3 Å². The van der Waals surface area contributed by atoms with Gasteiger partial charge >= 0.3 is 0 Å². The second-order valence-corrected chi connectivity index (χ2v) is 8.88. The SMILES string of the molecule is NC(N)=NCCCC(C=O)N(C(=O)C1CCN1)C(=O)[C@@H](CO)NS(=O)(=O)c1ccccc1. The van der Waals surface area contributed by atoms with E-state index >= 15 is 0 Å². The van der Waals surface area contributed by atoms with Gasteiger partial charge in [0.1, 0.15) is 12.3 Å². The maximum atomic E-state index is 13.2. The van der Waals surface area contributed by atoms with Crippen molar-refractivity contribution in [3.63, 3.8) is 0 Å². The van der Waals surface area contributed by atoms with Crippen LogP contribution in [0.25, 0.3) is 0 Å². The third-order valence-corrected chi connectivity index (χ3v) is 6.36. The molecule has 12 nitrogen and oxygen atoms in total. The molecule has 13 heteroatoms. The molecule has 1 heterocycles. The number of aldehydes is 1. The van der Waals surface area contributed by atoms with Crippen LogP contribution in [0, 0.1) is 0 Å². The van der Waals surface area contributed by atoms with Crippen molar-refractivity contribution in [2.24, 2.45) is 16.5 Å². The molecule has 1 aromatic carbocycles. The van der Waals surface area contributed by atoms with Crippen LogP contribution in [0.2, 0.25) is 0 Å². The van der Waals surface area contributed by atoms with Gasteiger partial charge in [0.25, 0.3) is 0 Å². The Labute approximate surface area is 186 Å². The average Bonchev–Trinajstić information content (AvgIpc) is 2.73. The molecule has 0 saturated carbocycles. The van der Waals surface area contributed by atoms with Crippen molar-refractivity contribution in [3.8, 4) is 0 Å². The molecule has 1 saturated heterocycles. The number of carbonyl (C=O) groups is 3. The summed E-state index contributed by atoms with van der Waals surface area (Å²) >= 11 is 0. The number of nitrogens with zero attached hydrogens (tertiary/aromatic N) is 2. The number of benzene rings is 1. The van der Waals surface area contributed by atoms with E-state index in [1.54, 1.807) is 6.07 Å². The molecule has 0 bridgehead atoms. The minimum atomic E-state index is -4.17. The van der Waals surface area contributed by atoms with E-state index in [1.165, 1.54) is 24.3 Å². The van der Waals surface area contributed by atoms with Crippen molar-refractivity contribution in [1.82, 2.24) is 14.9 Å². The summed E-state index contributed by atoms with van der Waals surface area (Å²) < 4.78 is 27.3. The number of aliphatic hydroxyl groups excluding tert-OH is 1. The third kappa shape index (κ3) is 6.56. The Bertz CT molecular complexity index is 931. The Balaban J connectivity index is 2.25. The largest absolute Gasteiger partial charge is 0.394 e. The van der Waals surface area contributed by atoms with Gasteiger partial charge in [0.15, 0.2) is 5.96 Å². The molecular formula is C19H28N6O6S. The van der Waals surface area contributed by atoms with Gasteiger partial charge in [0.2, 0.25) is 21.8 Å². The van der Waals surface area contributed by atoms with Crippen molar-refractivity contribution in [2.75, 3.05) is 19.7 Å². The number of carbonyl (C=O) groups excluding carboxylic acids is 3. The highest BCUT2D eigenvalue weighted by Gasteiger charge is 2.40. The van der Waals surface area contributed by atoms with Crippen molar-refractivity contribution in [2.45, 2.75) is 42.3 Å². The molecule has 0 aliphatic carbocycles. The van der Waals surface area contributed by atoms with Crippen molar-refractivity contribution >= 4 is 34.1 Å². The first-order valence-electron chi connectivity index (χ1n) is 10.0. The lowest BCUT2D eigenvalue weighted by atomic mass is 10.0. The molecule has 7 N–H and O–H groups in total. The molecule has 3 atom stereocenters. The van der Waals surface area contributed by atoms with Gasteiger partial charge in [0, 0.05) is 6.54 Å². The van der Waals surface area contributed by atoms with Crippen LogP contribution < -0.4 is 21.5 Å². The molecule has 0 spiro atoms. The molecule has 0 aromatic heterocycles. The van der Waals surface area contributed by atoms with Crippen LogP contribution in [0.3, 0.4) is 0 Å². The van der Waals surface area contributed by atoms with E-state index in [-0.39, 0.29) is 30.2 Å². The fourth-order valence-corrected chi connectivity index (χ4v) is 4.26. The normalized spacial score (nSPS) is 17.5. The predicted molar refractivity (Wildman–Crippen MR) is 116 cm³/mol. The second kappa shape index (κ2) is 11.7. The van der Waals surface area contributed by atoms with Crippen molar-refractivity contribution in [3.05, 3.63) is 30.3 Å². The number of imide groups is 1. The van der Waals surface area contributed by atoms with E-state index in [1.807, 2.05) is 0 Å². The van der Waals surface area contributed by atoms with Gasteiger partial charge in [-0.1, -0.05) is 18.2 Å². The molecule has 0 radical (unpaired) electrons. The molecule has 1 fully saturated rings. The molecule has 1 aliphatic heterocycles. The molecule has 1 aliphatic rings. The molecule has 1 aromatic rings. The summed E-state index contributed by atoms with van der Waals surface area (Å²) in [5.74, 6) is -1.83. The fraction of sp³-hybridized carbons (Fsp3) is 0.474. The average molecular weight is 469 g/mol. The number of hydrogen-bond donors (Lipinski definition) is 5. The highest BCUT2D eigenvalue weighted by molar-refractivity contribution is 7.89. The minimum absolute atomic E-state index is 0.0636. The first-order chi connectivity index (χ1) is 15.2. The van der Waals surface area contributed by atoms with Crippen LogP contribution in [0.4, 0.5) is 0 Å². The summed E-state index contributed by atoms with van der Waals surface area (Å²) in [7, 11) is -4.17. The fourth-order valence-electron chi connectivity index (χ4n) is 3.06. The van der Waals surface area contributed by atoms with Crippen LogP contribution in [-0.2, 0) is 24.4 Å². The number of aliphatic hydroxyl groups is 1. The number of guanidine groups is 1. The molecular weight excluding hydrogens is 440 g/mol. The Morgan fingerprint density at radius 1 is 1.31 bits per heavy atom. The summed E-state index contributed by atoms with van der Waals surface area (Å²) in [4.78, 5) is 42.3. The van der Waals surface area contributed by atoms with Crippen molar-refractivity contribution < 1.29 is 27.9 Å². The van der Waals surface area contributed by atoms with E-state index in [9.17, 15) is 27.9 Å². The van der Waals surface area contributed by atoms with E-state index in [0.717, 1.165) is 0 Å². The molecule has 2 amide bonds. The topological polar surface area (TPSA) is 197 Å². The quantitative estimate of drug-likeness (QED) is 0.0966. The van der Waals surface area contributed by atoms with Gasteiger partial charge < -0.3 is 26.7 Å². The van der Waals surface area contributed by atoms with Gasteiger partial charge in [-0.05, 0) is 37.9 Å². The summed E-state index contributed by atoms with van der Waals surface area (Å²) in [6.07, 6.45) is 1.25. The maximum absolute atomic E-state index is 13.2. The standard InChI is InChI=1S/C19H28N6O6S/c20-19(21)23-9-4-5-13(11-26)25(17(28)15-8-10-22-15)18(29)16(12-27)24-32(30,31)14-6-2-1-3-7-14/h1-3,6-7,11,13,15-16,22,24,27H,4-5,8-10,12H2,(H4,20,21,23)/t13?,15?,16-/m1/s1. The lowest BCUT2D eigenvalue weighted by Gasteiger charge is -2.35. The highest BCUT2D eigenvalue weighted by atomic mass is 32.2. The first kappa shape index (κ1) is 25.4. The van der Waals surface area contributed by atoms with Crippen LogP contribution in [0.15, 0.2) is 40.2 Å². The third-order valence-electron chi connectivity index (χ3n) is 4.87. The van der Waals surface area contributed by atoms with Gasteiger partial charge in [-0.25, -0.2) is 8.42 Å². The number of amides is 2. The summed E-state index contributed by atoms with van der Waals surface area (Å²) in [6, 6.07) is 3.75. The van der Waals surface area contributed by atoms with E-state index < -0.39 is 46.6 Å².